The zero-order valence-corrected chi connectivity index (χ0v) is 11.1. The van der Waals surface area contributed by atoms with Gasteiger partial charge in [-0.05, 0) is 31.7 Å². The van der Waals surface area contributed by atoms with Gasteiger partial charge in [-0.25, -0.2) is 0 Å². The van der Waals surface area contributed by atoms with E-state index < -0.39 is 0 Å². The molecule has 2 rings (SSSR count). The first-order valence-corrected chi connectivity index (χ1v) is 6.27. The number of halogens is 2. The second-order valence-corrected chi connectivity index (χ2v) is 5.05. The fourth-order valence-electron chi connectivity index (χ4n) is 1.94. The molecule has 1 amide bonds. The number of likely N-dealkylation sites (N-methyl/N-ethyl adjacent to an activating group) is 1. The Morgan fingerprint density at radius 1 is 1.18 bits per heavy atom. The molecule has 3 nitrogen and oxygen atoms in total. The second-order valence-electron chi connectivity index (χ2n) is 4.24. The molecular weight excluding hydrogens is 259 g/mol. The molecule has 1 aliphatic heterocycles. The summed E-state index contributed by atoms with van der Waals surface area (Å²) in [6, 6.07) is 5.30. The van der Waals surface area contributed by atoms with Gasteiger partial charge < -0.3 is 4.90 Å². The highest BCUT2D eigenvalue weighted by molar-refractivity contribution is 6.42. The zero-order chi connectivity index (χ0) is 12.4. The Kier molecular flexibility index (Phi) is 3.92. The average molecular weight is 273 g/mol. The number of hydrogen-bond donors (Lipinski definition) is 0. The van der Waals surface area contributed by atoms with Crippen molar-refractivity contribution < 1.29 is 4.79 Å². The van der Waals surface area contributed by atoms with Crippen LogP contribution in [0.3, 0.4) is 0 Å². The van der Waals surface area contributed by atoms with E-state index in [-0.39, 0.29) is 5.91 Å². The third-order valence-electron chi connectivity index (χ3n) is 2.84. The molecule has 5 heteroatoms. The predicted molar refractivity (Wildman–Crippen MR) is 70.9 cm³/mol. The predicted octanol–water partition coefficient (Wildman–Crippen LogP) is 2.66. The normalized spacial score (nSPS) is 18.3. The van der Waals surface area contributed by atoms with E-state index in [0.717, 1.165) is 25.2 Å². The van der Waals surface area contributed by atoms with E-state index in [4.69, 9.17) is 23.2 Å². The molecule has 17 heavy (non-hydrogen) atoms. The number of amides is 1. The van der Waals surface area contributed by atoms with Gasteiger partial charge in [0.1, 0.15) is 0 Å². The third-order valence-corrected chi connectivity index (χ3v) is 3.58. The van der Waals surface area contributed by atoms with Crippen molar-refractivity contribution in [1.29, 1.82) is 0 Å². The molecule has 0 radical (unpaired) electrons. The van der Waals surface area contributed by atoms with Crippen molar-refractivity contribution in [3.8, 4) is 0 Å². The smallest absolute Gasteiger partial charge is 0.241 e. The Hall–Kier alpha value is -0.770. The number of carbonyl (C=O) groups is 1. The van der Waals surface area contributed by atoms with Crippen molar-refractivity contribution in [2.45, 2.75) is 6.42 Å². The van der Waals surface area contributed by atoms with Gasteiger partial charge in [-0.15, -0.1) is 0 Å². The van der Waals surface area contributed by atoms with E-state index in [9.17, 15) is 4.79 Å². The minimum Gasteiger partial charge on any atom is -0.311 e. The summed E-state index contributed by atoms with van der Waals surface area (Å²) in [5.74, 6) is 0.100. The van der Waals surface area contributed by atoms with Gasteiger partial charge in [-0.2, -0.15) is 0 Å². The number of anilines is 1. The maximum atomic E-state index is 12.0. The van der Waals surface area contributed by atoms with E-state index in [0.29, 0.717) is 16.6 Å². The summed E-state index contributed by atoms with van der Waals surface area (Å²) in [6.45, 7) is 2.10. The van der Waals surface area contributed by atoms with Crippen LogP contribution in [0.2, 0.25) is 10.0 Å². The minimum atomic E-state index is 0.100. The average Bonchev–Trinajstić information content (AvgIpc) is 2.43. The Morgan fingerprint density at radius 2 is 1.94 bits per heavy atom. The molecular formula is C12H14Cl2N2O. The fourth-order valence-corrected chi connectivity index (χ4v) is 2.24. The van der Waals surface area contributed by atoms with E-state index in [1.54, 1.807) is 17.0 Å². The Balaban J connectivity index is 2.25. The van der Waals surface area contributed by atoms with Crippen molar-refractivity contribution in [3.63, 3.8) is 0 Å². The largest absolute Gasteiger partial charge is 0.311 e. The van der Waals surface area contributed by atoms with Crippen molar-refractivity contribution in [2.75, 3.05) is 31.6 Å². The van der Waals surface area contributed by atoms with Crippen molar-refractivity contribution in [3.05, 3.63) is 28.2 Å². The van der Waals surface area contributed by atoms with Crippen LogP contribution in [0, 0.1) is 0 Å². The van der Waals surface area contributed by atoms with Crippen LogP contribution in [0.15, 0.2) is 18.2 Å². The van der Waals surface area contributed by atoms with Gasteiger partial charge in [0.2, 0.25) is 5.91 Å². The number of carbonyl (C=O) groups excluding carboxylic acids is 1. The summed E-state index contributed by atoms with van der Waals surface area (Å²) < 4.78 is 0. The molecule has 92 valence electrons. The molecule has 1 aromatic carbocycles. The summed E-state index contributed by atoms with van der Waals surface area (Å²) in [4.78, 5) is 15.8. The van der Waals surface area contributed by atoms with Crippen molar-refractivity contribution in [1.82, 2.24) is 4.90 Å². The molecule has 0 aromatic heterocycles. The van der Waals surface area contributed by atoms with Crippen LogP contribution < -0.4 is 4.90 Å². The lowest BCUT2D eigenvalue weighted by atomic mass is 10.2. The Labute approximate surface area is 111 Å². The van der Waals surface area contributed by atoms with Crippen LogP contribution in [-0.4, -0.2) is 37.5 Å². The fraction of sp³-hybridized carbons (Fsp3) is 0.417. The van der Waals surface area contributed by atoms with Crippen LogP contribution in [-0.2, 0) is 4.79 Å². The Morgan fingerprint density at radius 3 is 2.65 bits per heavy atom. The summed E-state index contributed by atoms with van der Waals surface area (Å²) in [5, 5.41) is 0.990. The van der Waals surface area contributed by atoms with E-state index in [1.807, 2.05) is 18.0 Å². The van der Waals surface area contributed by atoms with Crippen LogP contribution in [0.25, 0.3) is 0 Å². The summed E-state index contributed by atoms with van der Waals surface area (Å²) >= 11 is 11.8. The standard InChI is InChI=1S/C12H14Cl2N2O/c1-15-5-2-6-16(12(17)8-15)9-3-4-10(13)11(14)7-9/h3-4,7H,2,5-6,8H2,1H3. The molecule has 1 fully saturated rings. The summed E-state index contributed by atoms with van der Waals surface area (Å²) in [6.07, 6.45) is 0.961. The molecule has 0 spiro atoms. The highest BCUT2D eigenvalue weighted by Crippen LogP contribution is 2.27. The van der Waals surface area contributed by atoms with Gasteiger partial charge in [0.25, 0.3) is 0 Å². The number of hydrogen-bond acceptors (Lipinski definition) is 2. The van der Waals surface area contributed by atoms with E-state index >= 15 is 0 Å². The zero-order valence-electron chi connectivity index (χ0n) is 9.62. The quantitative estimate of drug-likeness (QED) is 0.785. The summed E-state index contributed by atoms with van der Waals surface area (Å²) in [5.41, 5.74) is 0.819. The maximum absolute atomic E-state index is 12.0. The molecule has 0 atom stereocenters. The van der Waals surface area contributed by atoms with Gasteiger partial charge in [-0.1, -0.05) is 23.2 Å². The molecule has 0 aliphatic carbocycles. The molecule has 1 aromatic rings. The molecule has 0 N–H and O–H groups in total. The lowest BCUT2D eigenvalue weighted by molar-refractivity contribution is -0.118. The topological polar surface area (TPSA) is 23.6 Å². The molecule has 1 aliphatic rings. The monoisotopic (exact) mass is 272 g/mol. The SMILES string of the molecule is CN1CCCN(c2ccc(Cl)c(Cl)c2)C(=O)C1. The van der Waals surface area contributed by atoms with Crippen molar-refractivity contribution in [2.24, 2.45) is 0 Å². The highest BCUT2D eigenvalue weighted by Gasteiger charge is 2.21. The molecule has 0 saturated carbocycles. The first kappa shape index (κ1) is 12.7. The van der Waals surface area contributed by atoms with Crippen LogP contribution in [0.5, 0.6) is 0 Å². The molecule has 0 unspecified atom stereocenters. The molecule has 1 heterocycles. The third kappa shape index (κ3) is 2.92. The highest BCUT2D eigenvalue weighted by atomic mass is 35.5. The van der Waals surface area contributed by atoms with E-state index in [1.165, 1.54) is 0 Å². The van der Waals surface area contributed by atoms with Gasteiger partial charge in [0.15, 0.2) is 0 Å². The van der Waals surface area contributed by atoms with Gasteiger partial charge >= 0.3 is 0 Å². The van der Waals surface area contributed by atoms with Crippen LogP contribution in [0.1, 0.15) is 6.42 Å². The lowest BCUT2D eigenvalue weighted by Crippen LogP contribution is -2.35. The maximum Gasteiger partial charge on any atom is 0.241 e. The second kappa shape index (κ2) is 5.25. The van der Waals surface area contributed by atoms with Gasteiger partial charge in [-0.3, -0.25) is 9.69 Å². The molecule has 0 bridgehead atoms. The first-order valence-electron chi connectivity index (χ1n) is 5.52. The lowest BCUT2D eigenvalue weighted by Gasteiger charge is -2.21. The van der Waals surface area contributed by atoms with Crippen molar-refractivity contribution >= 4 is 34.8 Å². The Bertz CT molecular complexity index is 437. The number of rotatable bonds is 1. The number of nitrogens with zero attached hydrogens (tertiary/aromatic N) is 2. The van der Waals surface area contributed by atoms with Gasteiger partial charge in [0.05, 0.1) is 16.6 Å². The van der Waals surface area contributed by atoms with Gasteiger partial charge in [0, 0.05) is 18.8 Å². The van der Waals surface area contributed by atoms with E-state index in [2.05, 4.69) is 0 Å². The number of benzene rings is 1. The summed E-state index contributed by atoms with van der Waals surface area (Å²) in [7, 11) is 1.95. The first-order chi connectivity index (χ1) is 8.08. The minimum absolute atomic E-state index is 0.100. The van der Waals surface area contributed by atoms with Crippen LogP contribution >= 0.6 is 23.2 Å². The van der Waals surface area contributed by atoms with Crippen LogP contribution in [0.4, 0.5) is 5.69 Å². The molecule has 1 saturated heterocycles.